The van der Waals surface area contributed by atoms with Crippen molar-refractivity contribution >= 4 is 5.91 Å². The Kier molecular flexibility index (Phi) is 4.12. The number of nitrogens with one attached hydrogen (secondary N) is 1. The largest absolute Gasteiger partial charge is 0.364 e. The average Bonchev–Trinajstić information content (AvgIpc) is 2.86. The van der Waals surface area contributed by atoms with Gasteiger partial charge in [0.2, 0.25) is 5.91 Å². The fraction of sp³-hybridized carbons (Fsp3) is 0.462. The summed E-state index contributed by atoms with van der Waals surface area (Å²) < 4.78 is 5.52. The van der Waals surface area contributed by atoms with Crippen molar-refractivity contribution in [2.45, 2.75) is 31.6 Å². The van der Waals surface area contributed by atoms with Gasteiger partial charge in [-0.15, -0.1) is 0 Å². The Morgan fingerprint density at radius 2 is 2.12 bits per heavy atom. The van der Waals surface area contributed by atoms with Crippen LogP contribution in [0.15, 0.2) is 30.3 Å². The topological polar surface area (TPSA) is 64.4 Å². The highest BCUT2D eigenvalue weighted by molar-refractivity contribution is 5.81. The fourth-order valence-electron chi connectivity index (χ4n) is 1.97. The molecule has 1 heterocycles. The summed E-state index contributed by atoms with van der Waals surface area (Å²) in [6, 6.07) is 9.84. The summed E-state index contributed by atoms with van der Waals surface area (Å²) in [6.45, 7) is 1.04. The predicted octanol–water partition coefficient (Wildman–Crippen LogP) is 0.809. The van der Waals surface area contributed by atoms with Crippen LogP contribution in [0.1, 0.15) is 18.4 Å². The molecule has 2 rings (SSSR count). The van der Waals surface area contributed by atoms with Crippen molar-refractivity contribution in [3.8, 4) is 0 Å². The van der Waals surface area contributed by atoms with Gasteiger partial charge in [0, 0.05) is 13.1 Å². The summed E-state index contributed by atoms with van der Waals surface area (Å²) in [5.74, 6) is -0.0372. The molecule has 1 amide bonds. The highest BCUT2D eigenvalue weighted by Gasteiger charge is 2.29. The monoisotopic (exact) mass is 234 g/mol. The second kappa shape index (κ2) is 5.80. The van der Waals surface area contributed by atoms with Crippen molar-refractivity contribution in [3.63, 3.8) is 0 Å². The van der Waals surface area contributed by atoms with Crippen LogP contribution in [0, 0.1) is 0 Å². The first-order valence-electron chi connectivity index (χ1n) is 5.96. The number of ether oxygens (including phenoxy) is 1. The van der Waals surface area contributed by atoms with E-state index in [2.05, 4.69) is 5.32 Å². The van der Waals surface area contributed by atoms with Crippen LogP contribution >= 0.6 is 0 Å². The fourth-order valence-corrected chi connectivity index (χ4v) is 1.97. The summed E-state index contributed by atoms with van der Waals surface area (Å²) in [5.41, 5.74) is 6.60. The van der Waals surface area contributed by atoms with Crippen molar-refractivity contribution in [1.29, 1.82) is 0 Å². The lowest BCUT2D eigenvalue weighted by Gasteiger charge is -2.12. The Morgan fingerprint density at radius 3 is 2.76 bits per heavy atom. The molecular weight excluding hydrogens is 216 g/mol. The molecule has 1 fully saturated rings. The number of nitrogens with two attached hydrogens (primary N) is 1. The summed E-state index contributed by atoms with van der Waals surface area (Å²) in [5, 5.41) is 2.88. The molecule has 0 unspecified atom stereocenters. The Balaban J connectivity index is 1.78. The first-order valence-corrected chi connectivity index (χ1v) is 5.96. The third-order valence-corrected chi connectivity index (χ3v) is 2.97. The maximum Gasteiger partial charge on any atom is 0.249 e. The smallest absolute Gasteiger partial charge is 0.249 e. The number of amides is 1. The second-order valence-electron chi connectivity index (χ2n) is 4.26. The number of carbonyl (C=O) groups excluding carboxylic acids is 1. The molecule has 0 aliphatic carbocycles. The molecule has 4 nitrogen and oxygen atoms in total. The summed E-state index contributed by atoms with van der Waals surface area (Å²) in [6.07, 6.45) is 1.36. The average molecular weight is 234 g/mol. The minimum absolute atomic E-state index is 0.0372. The molecule has 2 atom stereocenters. The van der Waals surface area contributed by atoms with Gasteiger partial charge in [-0.2, -0.15) is 0 Å². The Morgan fingerprint density at radius 1 is 1.35 bits per heavy atom. The lowest BCUT2D eigenvalue weighted by atomic mass is 10.2. The number of hydrogen-bond acceptors (Lipinski definition) is 3. The maximum absolute atomic E-state index is 11.8. The van der Waals surface area contributed by atoms with E-state index in [1.54, 1.807) is 0 Å². The van der Waals surface area contributed by atoms with Gasteiger partial charge in [0.05, 0.1) is 6.10 Å². The molecule has 1 aromatic carbocycles. The van der Waals surface area contributed by atoms with Crippen LogP contribution in [0.5, 0.6) is 0 Å². The standard InChI is InChI=1S/C13H18N2O2/c14-8-11-6-7-12(17-11)13(16)15-9-10-4-2-1-3-5-10/h1-5,11-12H,6-9,14H2,(H,15,16)/t11-,12+/m1/s1. The molecular formula is C13H18N2O2. The van der Waals surface area contributed by atoms with Crippen LogP contribution in [0.3, 0.4) is 0 Å². The van der Waals surface area contributed by atoms with Crippen molar-refractivity contribution in [1.82, 2.24) is 5.32 Å². The van der Waals surface area contributed by atoms with Crippen LogP contribution in [0.2, 0.25) is 0 Å². The van der Waals surface area contributed by atoms with Gasteiger partial charge in [0.1, 0.15) is 6.10 Å². The van der Waals surface area contributed by atoms with E-state index in [1.807, 2.05) is 30.3 Å². The van der Waals surface area contributed by atoms with Crippen LogP contribution in [0.4, 0.5) is 0 Å². The minimum Gasteiger partial charge on any atom is -0.364 e. The number of rotatable bonds is 4. The van der Waals surface area contributed by atoms with Gasteiger partial charge >= 0.3 is 0 Å². The van der Waals surface area contributed by atoms with Crippen LogP contribution in [-0.2, 0) is 16.1 Å². The summed E-state index contributed by atoms with van der Waals surface area (Å²) >= 11 is 0. The molecule has 0 bridgehead atoms. The number of hydrogen-bond donors (Lipinski definition) is 2. The van der Waals surface area contributed by atoms with Gasteiger partial charge in [-0.05, 0) is 18.4 Å². The number of benzene rings is 1. The molecule has 17 heavy (non-hydrogen) atoms. The van der Waals surface area contributed by atoms with E-state index in [-0.39, 0.29) is 18.1 Å². The van der Waals surface area contributed by atoms with E-state index in [1.165, 1.54) is 0 Å². The SMILES string of the molecule is NC[C@H]1CC[C@@H](C(=O)NCc2ccccc2)O1. The van der Waals surface area contributed by atoms with E-state index in [0.717, 1.165) is 18.4 Å². The van der Waals surface area contributed by atoms with Crippen LogP contribution < -0.4 is 11.1 Å². The highest BCUT2D eigenvalue weighted by Crippen LogP contribution is 2.18. The molecule has 4 heteroatoms. The van der Waals surface area contributed by atoms with Crippen molar-refractivity contribution < 1.29 is 9.53 Å². The maximum atomic E-state index is 11.8. The zero-order chi connectivity index (χ0) is 12.1. The van der Waals surface area contributed by atoms with E-state index >= 15 is 0 Å². The molecule has 1 aliphatic rings. The minimum atomic E-state index is -0.327. The van der Waals surface area contributed by atoms with E-state index in [9.17, 15) is 4.79 Å². The van der Waals surface area contributed by atoms with Gasteiger partial charge in [0.25, 0.3) is 0 Å². The normalized spacial score (nSPS) is 23.6. The second-order valence-corrected chi connectivity index (χ2v) is 4.26. The Labute approximate surface area is 101 Å². The van der Waals surface area contributed by atoms with E-state index in [0.29, 0.717) is 13.1 Å². The lowest BCUT2D eigenvalue weighted by Crippen LogP contribution is -2.35. The highest BCUT2D eigenvalue weighted by atomic mass is 16.5. The number of carbonyl (C=O) groups is 1. The quantitative estimate of drug-likeness (QED) is 0.810. The van der Waals surface area contributed by atoms with Gasteiger partial charge in [-0.3, -0.25) is 4.79 Å². The molecule has 0 spiro atoms. The zero-order valence-electron chi connectivity index (χ0n) is 9.76. The third kappa shape index (κ3) is 3.28. The van der Waals surface area contributed by atoms with E-state index in [4.69, 9.17) is 10.5 Å². The van der Waals surface area contributed by atoms with Gasteiger partial charge in [0.15, 0.2) is 0 Å². The molecule has 0 aromatic heterocycles. The van der Waals surface area contributed by atoms with Crippen LogP contribution in [0.25, 0.3) is 0 Å². The Bertz CT molecular complexity index is 367. The Hall–Kier alpha value is -1.39. The summed E-state index contributed by atoms with van der Waals surface area (Å²) in [4.78, 5) is 11.8. The first kappa shape index (κ1) is 12.1. The van der Waals surface area contributed by atoms with Gasteiger partial charge in [-0.1, -0.05) is 30.3 Å². The third-order valence-electron chi connectivity index (χ3n) is 2.97. The molecule has 3 N–H and O–H groups in total. The molecule has 1 aliphatic heterocycles. The zero-order valence-corrected chi connectivity index (χ0v) is 9.76. The van der Waals surface area contributed by atoms with Gasteiger partial charge < -0.3 is 15.8 Å². The lowest BCUT2D eigenvalue weighted by molar-refractivity contribution is -0.132. The molecule has 0 radical (unpaired) electrons. The van der Waals surface area contributed by atoms with Crippen molar-refractivity contribution in [3.05, 3.63) is 35.9 Å². The van der Waals surface area contributed by atoms with Gasteiger partial charge in [-0.25, -0.2) is 0 Å². The summed E-state index contributed by atoms with van der Waals surface area (Å²) in [7, 11) is 0. The van der Waals surface area contributed by atoms with Crippen molar-refractivity contribution in [2.75, 3.05) is 6.54 Å². The van der Waals surface area contributed by atoms with E-state index < -0.39 is 0 Å². The first-order chi connectivity index (χ1) is 8.29. The van der Waals surface area contributed by atoms with Crippen molar-refractivity contribution in [2.24, 2.45) is 5.73 Å². The molecule has 0 saturated carbocycles. The molecule has 92 valence electrons. The molecule has 1 saturated heterocycles. The predicted molar refractivity (Wildman–Crippen MR) is 65.2 cm³/mol. The molecule has 1 aromatic rings. The van der Waals surface area contributed by atoms with Crippen LogP contribution in [-0.4, -0.2) is 24.7 Å².